The van der Waals surface area contributed by atoms with Crippen molar-refractivity contribution in [2.45, 2.75) is 58.8 Å². The fraction of sp³-hybridized carbons (Fsp3) is 0.706. The van der Waals surface area contributed by atoms with Crippen LogP contribution in [0.3, 0.4) is 0 Å². The van der Waals surface area contributed by atoms with E-state index in [-0.39, 0.29) is 0 Å². The zero-order chi connectivity index (χ0) is 14.8. The minimum atomic E-state index is 0.447. The number of anilines is 1. The number of alkyl halides is 1. The average Bonchev–Trinajstić information content (AvgIpc) is 2.47. The van der Waals surface area contributed by atoms with Crippen LogP contribution >= 0.6 is 11.6 Å². The molecule has 1 aliphatic heterocycles. The van der Waals surface area contributed by atoms with Crippen molar-refractivity contribution in [1.29, 1.82) is 0 Å². The fourth-order valence-corrected chi connectivity index (χ4v) is 2.91. The predicted molar refractivity (Wildman–Crippen MR) is 87.7 cm³/mol. The molecule has 1 saturated heterocycles. The number of hydrogen-bond donors (Lipinski definition) is 0. The van der Waals surface area contributed by atoms with Crippen molar-refractivity contribution in [3.8, 4) is 0 Å². The molecule has 0 bridgehead atoms. The highest BCUT2D eigenvalue weighted by Crippen LogP contribution is 2.35. The van der Waals surface area contributed by atoms with Gasteiger partial charge in [-0.15, -0.1) is 11.6 Å². The van der Waals surface area contributed by atoms with Crippen LogP contribution in [0.5, 0.6) is 0 Å². The quantitative estimate of drug-likeness (QED) is 0.730. The second-order valence-electron chi connectivity index (χ2n) is 6.70. The summed E-state index contributed by atoms with van der Waals surface area (Å²) in [6.07, 6.45) is 3.79. The van der Waals surface area contributed by atoms with Crippen molar-refractivity contribution in [2.75, 3.05) is 18.0 Å². The van der Waals surface area contributed by atoms with E-state index in [9.17, 15) is 0 Å². The highest BCUT2D eigenvalue weighted by atomic mass is 35.5. The fourth-order valence-electron chi connectivity index (χ4n) is 2.76. The minimum Gasteiger partial charge on any atom is -0.357 e. The van der Waals surface area contributed by atoms with Crippen molar-refractivity contribution >= 4 is 17.4 Å². The van der Waals surface area contributed by atoms with Gasteiger partial charge in [0.1, 0.15) is 5.82 Å². The maximum atomic E-state index is 6.04. The molecule has 2 nitrogen and oxygen atoms in total. The van der Waals surface area contributed by atoms with Crippen LogP contribution in [0, 0.1) is 5.41 Å². The Balaban J connectivity index is 2.19. The van der Waals surface area contributed by atoms with E-state index >= 15 is 0 Å². The number of aromatic nitrogens is 1. The molecule has 1 fully saturated rings. The first-order chi connectivity index (χ1) is 9.47. The normalized spacial score (nSPS) is 18.6. The predicted octanol–water partition coefficient (Wildman–Crippen LogP) is 4.96. The minimum absolute atomic E-state index is 0.447. The Labute approximate surface area is 128 Å². The monoisotopic (exact) mass is 294 g/mol. The summed E-state index contributed by atoms with van der Waals surface area (Å²) in [7, 11) is 0. The molecular weight excluding hydrogens is 268 g/mol. The maximum absolute atomic E-state index is 6.04. The van der Waals surface area contributed by atoms with Crippen LogP contribution in [0.15, 0.2) is 12.1 Å². The highest BCUT2D eigenvalue weighted by Gasteiger charge is 2.29. The van der Waals surface area contributed by atoms with Crippen LogP contribution in [0.25, 0.3) is 0 Å². The van der Waals surface area contributed by atoms with Gasteiger partial charge in [0, 0.05) is 24.7 Å². The largest absolute Gasteiger partial charge is 0.357 e. The summed E-state index contributed by atoms with van der Waals surface area (Å²) in [6.45, 7) is 11.3. The van der Waals surface area contributed by atoms with E-state index in [0.29, 0.717) is 17.2 Å². The van der Waals surface area contributed by atoms with E-state index < -0.39 is 0 Å². The van der Waals surface area contributed by atoms with E-state index in [1.165, 1.54) is 24.8 Å². The number of halogens is 1. The molecule has 1 aromatic rings. The Morgan fingerprint density at radius 3 is 2.45 bits per heavy atom. The zero-order valence-corrected chi connectivity index (χ0v) is 14.0. The topological polar surface area (TPSA) is 16.1 Å². The van der Waals surface area contributed by atoms with Crippen molar-refractivity contribution in [1.82, 2.24) is 4.98 Å². The molecule has 2 heterocycles. The second-order valence-corrected chi connectivity index (χ2v) is 6.97. The smallest absolute Gasteiger partial charge is 0.129 e. The van der Waals surface area contributed by atoms with Crippen LogP contribution in [0.4, 0.5) is 5.82 Å². The summed E-state index contributed by atoms with van der Waals surface area (Å²) in [5.74, 6) is 2.13. The first-order valence-corrected chi connectivity index (χ1v) is 8.32. The summed E-state index contributed by atoms with van der Waals surface area (Å²) in [5, 5.41) is 0. The van der Waals surface area contributed by atoms with Gasteiger partial charge in [-0.05, 0) is 41.9 Å². The van der Waals surface area contributed by atoms with Gasteiger partial charge in [-0.1, -0.05) is 34.1 Å². The molecule has 0 spiro atoms. The third-order valence-corrected chi connectivity index (χ3v) is 5.09. The van der Waals surface area contributed by atoms with E-state index in [0.717, 1.165) is 24.6 Å². The van der Waals surface area contributed by atoms with E-state index in [2.05, 4.69) is 44.7 Å². The van der Waals surface area contributed by atoms with Crippen LogP contribution in [0.1, 0.15) is 64.1 Å². The molecule has 20 heavy (non-hydrogen) atoms. The van der Waals surface area contributed by atoms with E-state index in [1.807, 2.05) is 0 Å². The first kappa shape index (κ1) is 15.6. The molecule has 0 aromatic carbocycles. The molecule has 0 saturated carbocycles. The summed E-state index contributed by atoms with van der Waals surface area (Å²) < 4.78 is 0. The Morgan fingerprint density at radius 1 is 1.30 bits per heavy atom. The van der Waals surface area contributed by atoms with Gasteiger partial charge in [0.05, 0.1) is 0 Å². The van der Waals surface area contributed by atoms with Crippen LogP contribution in [-0.2, 0) is 5.88 Å². The van der Waals surface area contributed by atoms with Gasteiger partial charge in [-0.3, -0.25) is 0 Å². The van der Waals surface area contributed by atoms with Gasteiger partial charge >= 0.3 is 0 Å². The molecule has 1 aliphatic rings. The Kier molecular flexibility index (Phi) is 4.95. The molecule has 2 rings (SSSR count). The maximum Gasteiger partial charge on any atom is 0.129 e. The Hall–Kier alpha value is -0.760. The van der Waals surface area contributed by atoms with Crippen molar-refractivity contribution in [2.24, 2.45) is 5.41 Å². The molecule has 0 aliphatic carbocycles. The lowest BCUT2D eigenvalue weighted by atomic mass is 9.78. The Morgan fingerprint density at radius 2 is 1.95 bits per heavy atom. The van der Waals surface area contributed by atoms with Crippen LogP contribution in [0.2, 0.25) is 0 Å². The lowest BCUT2D eigenvalue weighted by molar-refractivity contribution is 0.237. The molecule has 0 radical (unpaired) electrons. The average molecular weight is 295 g/mol. The van der Waals surface area contributed by atoms with Gasteiger partial charge in [0.2, 0.25) is 0 Å². The van der Waals surface area contributed by atoms with Gasteiger partial charge in [-0.25, -0.2) is 4.98 Å². The number of nitrogens with zero attached hydrogens (tertiary/aromatic N) is 2. The molecule has 0 atom stereocenters. The van der Waals surface area contributed by atoms with E-state index in [4.69, 9.17) is 16.6 Å². The van der Waals surface area contributed by atoms with Gasteiger partial charge in [0.15, 0.2) is 0 Å². The SMILES string of the molecule is CCC1(C)CCN(c2cc(CCl)cc(C(C)C)n2)CC1. The molecule has 112 valence electrons. The van der Waals surface area contributed by atoms with Crippen molar-refractivity contribution in [3.63, 3.8) is 0 Å². The summed E-state index contributed by atoms with van der Waals surface area (Å²) in [4.78, 5) is 7.28. The number of pyridine rings is 1. The van der Waals surface area contributed by atoms with Crippen LogP contribution in [-0.4, -0.2) is 18.1 Å². The second kappa shape index (κ2) is 6.34. The standard InChI is InChI=1S/C17H27ClN2/c1-5-17(4)6-8-20(9-7-17)16-11-14(12-18)10-15(19-16)13(2)3/h10-11,13H,5-9,12H2,1-4H3. The zero-order valence-electron chi connectivity index (χ0n) is 13.2. The molecule has 3 heteroatoms. The number of rotatable bonds is 4. The highest BCUT2D eigenvalue weighted by molar-refractivity contribution is 6.17. The van der Waals surface area contributed by atoms with Gasteiger partial charge in [0.25, 0.3) is 0 Å². The third-order valence-electron chi connectivity index (χ3n) is 4.79. The molecule has 0 amide bonds. The lowest BCUT2D eigenvalue weighted by Gasteiger charge is -2.39. The first-order valence-electron chi connectivity index (χ1n) is 7.79. The van der Waals surface area contributed by atoms with Gasteiger partial charge < -0.3 is 4.90 Å². The molecular formula is C17H27ClN2. The van der Waals surface area contributed by atoms with Crippen molar-refractivity contribution < 1.29 is 0 Å². The summed E-state index contributed by atoms with van der Waals surface area (Å²) >= 11 is 6.04. The molecule has 0 N–H and O–H groups in total. The number of hydrogen-bond acceptors (Lipinski definition) is 2. The number of piperidine rings is 1. The molecule has 1 aromatic heterocycles. The van der Waals surface area contributed by atoms with Gasteiger partial charge in [-0.2, -0.15) is 0 Å². The summed E-state index contributed by atoms with van der Waals surface area (Å²) in [5.41, 5.74) is 2.85. The van der Waals surface area contributed by atoms with Crippen LogP contribution < -0.4 is 4.90 Å². The summed E-state index contributed by atoms with van der Waals surface area (Å²) in [6, 6.07) is 4.30. The lowest BCUT2D eigenvalue weighted by Crippen LogP contribution is -2.39. The van der Waals surface area contributed by atoms with E-state index in [1.54, 1.807) is 0 Å². The Bertz CT molecular complexity index is 448. The molecule has 0 unspecified atom stereocenters. The van der Waals surface area contributed by atoms with Crippen molar-refractivity contribution in [3.05, 3.63) is 23.4 Å². The third kappa shape index (κ3) is 3.46.